The summed E-state index contributed by atoms with van der Waals surface area (Å²) in [5.74, 6) is 1.41. The lowest BCUT2D eigenvalue weighted by Gasteiger charge is -2.28. The topological polar surface area (TPSA) is 47.9 Å². The van der Waals surface area contributed by atoms with Gasteiger partial charge in [-0.3, -0.25) is 4.99 Å². The van der Waals surface area contributed by atoms with Gasteiger partial charge in [0, 0.05) is 26.1 Å². The number of aliphatic imine (C=N–C) groups is 1. The van der Waals surface area contributed by atoms with E-state index < -0.39 is 0 Å². The third-order valence-electron chi connectivity index (χ3n) is 3.45. The number of rotatable bonds is 2. The lowest BCUT2D eigenvalue weighted by atomic mass is 9.86. The summed E-state index contributed by atoms with van der Waals surface area (Å²) in [5, 5.41) is 13.2. The fourth-order valence-corrected chi connectivity index (χ4v) is 2.37. The first-order chi connectivity index (χ1) is 7.27. The van der Waals surface area contributed by atoms with Crippen molar-refractivity contribution in [1.82, 2.24) is 10.2 Å². The molecule has 2 N–H and O–H groups in total. The van der Waals surface area contributed by atoms with E-state index in [4.69, 9.17) is 0 Å². The molecule has 2 aliphatic rings. The molecular weight excluding hydrogens is 190 g/mol. The first-order valence-corrected chi connectivity index (χ1v) is 5.95. The lowest BCUT2D eigenvalue weighted by Crippen LogP contribution is -2.41. The molecule has 1 heterocycles. The van der Waals surface area contributed by atoms with E-state index in [2.05, 4.69) is 22.3 Å². The highest BCUT2D eigenvalue weighted by atomic mass is 16.3. The number of hydrogen-bond acceptors (Lipinski definition) is 4. The molecule has 86 valence electrons. The van der Waals surface area contributed by atoms with Crippen LogP contribution in [0.2, 0.25) is 0 Å². The number of hydrogen-bond donors (Lipinski definition) is 2. The summed E-state index contributed by atoms with van der Waals surface area (Å²) in [6.07, 6.45) is 4.43. The Hall–Kier alpha value is -0.770. The van der Waals surface area contributed by atoms with Crippen molar-refractivity contribution in [1.29, 1.82) is 0 Å². The molecule has 0 radical (unpaired) electrons. The van der Waals surface area contributed by atoms with Crippen molar-refractivity contribution in [3.8, 4) is 0 Å². The van der Waals surface area contributed by atoms with Crippen LogP contribution in [0, 0.1) is 5.92 Å². The molecule has 0 amide bonds. The number of nitrogens with one attached hydrogen (secondary N) is 1. The standard InChI is InChI=1S/C11H21N3O/c1-14-7-6-12-11(14)13-8-9-4-2-3-5-10(9)15/h9-10,15H,2-8H2,1H3,(H,12,13)/t9-,10+/m1/s1. The molecule has 0 spiro atoms. The predicted molar refractivity (Wildman–Crippen MR) is 60.9 cm³/mol. The Morgan fingerprint density at radius 3 is 2.93 bits per heavy atom. The Bertz CT molecular complexity index is 242. The molecule has 0 aromatic rings. The molecule has 4 nitrogen and oxygen atoms in total. The zero-order chi connectivity index (χ0) is 10.7. The maximum atomic E-state index is 9.82. The van der Waals surface area contributed by atoms with E-state index in [1.54, 1.807) is 0 Å². The van der Waals surface area contributed by atoms with Crippen LogP contribution in [0.5, 0.6) is 0 Å². The van der Waals surface area contributed by atoms with Crippen LogP contribution in [-0.4, -0.2) is 48.8 Å². The Labute approximate surface area is 91.4 Å². The molecule has 0 bridgehead atoms. The van der Waals surface area contributed by atoms with Gasteiger partial charge in [0.15, 0.2) is 5.96 Å². The summed E-state index contributed by atoms with van der Waals surface area (Å²) < 4.78 is 0. The Balaban J connectivity index is 1.77. The van der Waals surface area contributed by atoms with Crippen molar-refractivity contribution in [2.75, 3.05) is 26.7 Å². The summed E-state index contributed by atoms with van der Waals surface area (Å²) in [6, 6.07) is 0. The van der Waals surface area contributed by atoms with Crippen LogP contribution < -0.4 is 5.32 Å². The Morgan fingerprint density at radius 2 is 2.27 bits per heavy atom. The van der Waals surface area contributed by atoms with E-state index in [9.17, 15) is 5.11 Å². The zero-order valence-electron chi connectivity index (χ0n) is 9.45. The van der Waals surface area contributed by atoms with Crippen molar-refractivity contribution in [3.63, 3.8) is 0 Å². The van der Waals surface area contributed by atoms with Gasteiger partial charge >= 0.3 is 0 Å². The van der Waals surface area contributed by atoms with E-state index in [1.807, 2.05) is 0 Å². The van der Waals surface area contributed by atoms with E-state index >= 15 is 0 Å². The van der Waals surface area contributed by atoms with Crippen molar-refractivity contribution in [3.05, 3.63) is 0 Å². The van der Waals surface area contributed by atoms with Crippen molar-refractivity contribution in [2.24, 2.45) is 10.9 Å². The van der Waals surface area contributed by atoms with E-state index in [1.165, 1.54) is 12.8 Å². The van der Waals surface area contributed by atoms with Crippen LogP contribution >= 0.6 is 0 Å². The monoisotopic (exact) mass is 211 g/mol. The van der Waals surface area contributed by atoms with Gasteiger partial charge < -0.3 is 15.3 Å². The summed E-state index contributed by atoms with van der Waals surface area (Å²) in [7, 11) is 2.05. The molecule has 0 unspecified atom stereocenters. The molecular formula is C11H21N3O. The normalized spacial score (nSPS) is 31.6. The van der Waals surface area contributed by atoms with Gasteiger partial charge in [0.1, 0.15) is 0 Å². The molecule has 1 saturated carbocycles. The highest BCUT2D eigenvalue weighted by molar-refractivity contribution is 5.81. The lowest BCUT2D eigenvalue weighted by molar-refractivity contribution is 0.0717. The van der Waals surface area contributed by atoms with Crippen molar-refractivity contribution >= 4 is 5.96 Å². The largest absolute Gasteiger partial charge is 0.393 e. The fraction of sp³-hybridized carbons (Fsp3) is 0.909. The van der Waals surface area contributed by atoms with Crippen LogP contribution in [0.4, 0.5) is 0 Å². The summed E-state index contributed by atoms with van der Waals surface area (Å²) in [5.41, 5.74) is 0. The average molecular weight is 211 g/mol. The molecule has 2 atom stereocenters. The molecule has 0 saturated heterocycles. The molecule has 15 heavy (non-hydrogen) atoms. The minimum absolute atomic E-state index is 0.112. The number of nitrogens with zero attached hydrogens (tertiary/aromatic N) is 2. The minimum Gasteiger partial charge on any atom is -0.393 e. The molecule has 1 fully saturated rings. The molecule has 0 aromatic heterocycles. The van der Waals surface area contributed by atoms with Gasteiger partial charge in [-0.1, -0.05) is 12.8 Å². The van der Waals surface area contributed by atoms with Gasteiger partial charge in [0.2, 0.25) is 0 Å². The average Bonchev–Trinajstić information content (AvgIpc) is 2.63. The third kappa shape index (κ3) is 2.62. The molecule has 4 heteroatoms. The molecule has 2 rings (SSSR count). The first kappa shape index (κ1) is 10.7. The van der Waals surface area contributed by atoms with Gasteiger partial charge in [-0.05, 0) is 12.8 Å². The van der Waals surface area contributed by atoms with Crippen LogP contribution in [0.3, 0.4) is 0 Å². The van der Waals surface area contributed by atoms with Gasteiger partial charge in [0.25, 0.3) is 0 Å². The second-order valence-electron chi connectivity index (χ2n) is 4.62. The van der Waals surface area contributed by atoms with Crippen LogP contribution in [0.25, 0.3) is 0 Å². The molecule has 0 aromatic carbocycles. The van der Waals surface area contributed by atoms with Gasteiger partial charge in [-0.15, -0.1) is 0 Å². The number of likely N-dealkylation sites (N-methyl/N-ethyl adjacent to an activating group) is 1. The fourth-order valence-electron chi connectivity index (χ4n) is 2.37. The Kier molecular flexibility index (Phi) is 3.46. The quantitative estimate of drug-likeness (QED) is 0.696. The van der Waals surface area contributed by atoms with Gasteiger partial charge in [-0.25, -0.2) is 0 Å². The smallest absolute Gasteiger partial charge is 0.193 e. The number of aliphatic hydroxyl groups excluding tert-OH is 1. The van der Waals surface area contributed by atoms with Gasteiger partial charge in [0.05, 0.1) is 12.6 Å². The Morgan fingerprint density at radius 1 is 1.47 bits per heavy atom. The van der Waals surface area contributed by atoms with Crippen LogP contribution in [0.1, 0.15) is 25.7 Å². The maximum Gasteiger partial charge on any atom is 0.193 e. The third-order valence-corrected chi connectivity index (χ3v) is 3.45. The zero-order valence-corrected chi connectivity index (χ0v) is 9.45. The first-order valence-electron chi connectivity index (χ1n) is 5.95. The summed E-state index contributed by atoms with van der Waals surface area (Å²) >= 11 is 0. The van der Waals surface area contributed by atoms with Crippen molar-refractivity contribution in [2.45, 2.75) is 31.8 Å². The predicted octanol–water partition coefficient (Wildman–Crippen LogP) is 0.428. The second-order valence-corrected chi connectivity index (χ2v) is 4.62. The summed E-state index contributed by atoms with van der Waals surface area (Å²) in [4.78, 5) is 6.51. The SMILES string of the molecule is CN1CCN=C1NC[C@H]1CCCC[C@@H]1O. The minimum atomic E-state index is -0.112. The number of aliphatic hydroxyl groups is 1. The van der Waals surface area contributed by atoms with Gasteiger partial charge in [-0.2, -0.15) is 0 Å². The van der Waals surface area contributed by atoms with Crippen LogP contribution in [-0.2, 0) is 0 Å². The molecule has 1 aliphatic carbocycles. The highest BCUT2D eigenvalue weighted by Gasteiger charge is 2.23. The molecule has 1 aliphatic heterocycles. The number of guanidine groups is 1. The second kappa shape index (κ2) is 4.84. The summed E-state index contributed by atoms with van der Waals surface area (Å²) in [6.45, 7) is 2.77. The van der Waals surface area contributed by atoms with Crippen molar-refractivity contribution < 1.29 is 5.11 Å². The maximum absolute atomic E-state index is 9.82. The van der Waals surface area contributed by atoms with E-state index in [0.29, 0.717) is 5.92 Å². The van der Waals surface area contributed by atoms with E-state index in [-0.39, 0.29) is 6.10 Å². The highest BCUT2D eigenvalue weighted by Crippen LogP contribution is 2.23. The van der Waals surface area contributed by atoms with E-state index in [0.717, 1.165) is 38.4 Å². The van der Waals surface area contributed by atoms with Crippen LogP contribution in [0.15, 0.2) is 4.99 Å².